The van der Waals surface area contributed by atoms with Crippen LogP contribution in [0.1, 0.15) is 48.4 Å². The fraction of sp³-hybridized carbons (Fsp3) is 0.368. The zero-order chi connectivity index (χ0) is 15.7. The van der Waals surface area contributed by atoms with Crippen LogP contribution in [0.25, 0.3) is 11.3 Å². The number of aryl methyl sites for hydroxylation is 2. The van der Waals surface area contributed by atoms with Crippen molar-refractivity contribution >= 4 is 0 Å². The lowest BCUT2D eigenvalue weighted by Gasteiger charge is -2.20. The first kappa shape index (κ1) is 14.6. The number of aromatic nitrogens is 1. The average molecular weight is 292 g/mol. The van der Waals surface area contributed by atoms with Crippen molar-refractivity contribution in [3.8, 4) is 17.3 Å². The van der Waals surface area contributed by atoms with Crippen LogP contribution in [0.15, 0.2) is 35.1 Å². The largest absolute Gasteiger partial charge is 0.304 e. The van der Waals surface area contributed by atoms with Crippen LogP contribution >= 0.6 is 0 Å². The van der Waals surface area contributed by atoms with Crippen molar-refractivity contribution in [2.75, 3.05) is 0 Å². The van der Waals surface area contributed by atoms with Gasteiger partial charge in [0, 0.05) is 6.04 Å². The lowest BCUT2D eigenvalue weighted by Crippen LogP contribution is -2.27. The number of nitriles is 1. The summed E-state index contributed by atoms with van der Waals surface area (Å²) in [5.41, 5.74) is 4.53. The fourth-order valence-corrected chi connectivity index (χ4v) is 3.30. The van der Waals surface area contributed by atoms with Gasteiger partial charge in [0.25, 0.3) is 5.56 Å². The van der Waals surface area contributed by atoms with E-state index in [9.17, 15) is 4.79 Å². The molecule has 1 fully saturated rings. The summed E-state index contributed by atoms with van der Waals surface area (Å²) in [4.78, 5) is 12.7. The molecule has 112 valence electrons. The molecular formula is C19H20N2O. The molecule has 1 saturated carbocycles. The molecule has 0 bridgehead atoms. The van der Waals surface area contributed by atoms with Gasteiger partial charge in [0.15, 0.2) is 0 Å². The van der Waals surface area contributed by atoms with E-state index in [0.29, 0.717) is 0 Å². The summed E-state index contributed by atoms with van der Waals surface area (Å²) in [6.45, 7) is 4.17. The van der Waals surface area contributed by atoms with Crippen LogP contribution in [0.3, 0.4) is 0 Å². The molecule has 0 spiro atoms. The maximum Gasteiger partial charge on any atom is 0.269 e. The fourth-order valence-electron chi connectivity index (χ4n) is 3.30. The Bertz CT molecular complexity index is 805. The molecule has 0 amide bonds. The van der Waals surface area contributed by atoms with Crippen molar-refractivity contribution in [3.63, 3.8) is 0 Å². The van der Waals surface area contributed by atoms with Gasteiger partial charge in [-0.1, -0.05) is 25.0 Å². The topological polar surface area (TPSA) is 45.8 Å². The van der Waals surface area contributed by atoms with Gasteiger partial charge in [-0.05, 0) is 61.6 Å². The number of rotatable bonds is 2. The molecule has 1 aromatic heterocycles. The molecule has 3 rings (SSSR count). The normalized spacial score (nSPS) is 15.0. The molecule has 0 N–H and O–H groups in total. The average Bonchev–Trinajstić information content (AvgIpc) is 3.03. The third-order valence-electron chi connectivity index (χ3n) is 4.73. The Balaban J connectivity index is 2.22. The second-order valence-electron chi connectivity index (χ2n) is 6.16. The van der Waals surface area contributed by atoms with Crippen molar-refractivity contribution in [2.24, 2.45) is 0 Å². The molecular weight excluding hydrogens is 272 g/mol. The van der Waals surface area contributed by atoms with Gasteiger partial charge >= 0.3 is 0 Å². The molecule has 2 aromatic rings. The lowest BCUT2D eigenvalue weighted by molar-refractivity contribution is 0.507. The van der Waals surface area contributed by atoms with Crippen molar-refractivity contribution in [2.45, 2.75) is 45.6 Å². The Morgan fingerprint density at radius 3 is 2.45 bits per heavy atom. The molecule has 0 aliphatic heterocycles. The smallest absolute Gasteiger partial charge is 0.269 e. The molecule has 1 aliphatic carbocycles. The first-order chi connectivity index (χ1) is 10.6. The third-order valence-corrected chi connectivity index (χ3v) is 4.73. The molecule has 1 aromatic carbocycles. The summed E-state index contributed by atoms with van der Waals surface area (Å²) in [5, 5.41) is 9.16. The Hall–Kier alpha value is -2.34. The minimum absolute atomic E-state index is 0.148. The van der Waals surface area contributed by atoms with E-state index < -0.39 is 0 Å². The van der Waals surface area contributed by atoms with Gasteiger partial charge in [0.05, 0.1) is 5.69 Å². The minimum atomic E-state index is -0.148. The van der Waals surface area contributed by atoms with Gasteiger partial charge in [-0.25, -0.2) is 0 Å². The Labute approximate surface area is 130 Å². The van der Waals surface area contributed by atoms with Crippen molar-refractivity contribution < 1.29 is 0 Å². The number of pyridine rings is 1. The maximum atomic E-state index is 12.7. The summed E-state index contributed by atoms with van der Waals surface area (Å²) in [6, 6.07) is 12.1. The van der Waals surface area contributed by atoms with Crippen LogP contribution in [0.2, 0.25) is 0 Å². The van der Waals surface area contributed by atoms with E-state index in [-0.39, 0.29) is 17.2 Å². The van der Waals surface area contributed by atoms with Crippen LogP contribution < -0.4 is 5.56 Å². The molecule has 1 aliphatic rings. The van der Waals surface area contributed by atoms with Crippen LogP contribution in [-0.4, -0.2) is 4.57 Å². The Kier molecular flexibility index (Phi) is 3.85. The highest BCUT2D eigenvalue weighted by Crippen LogP contribution is 2.32. The maximum absolute atomic E-state index is 12.7. The van der Waals surface area contributed by atoms with Crippen LogP contribution in [0, 0.1) is 25.2 Å². The van der Waals surface area contributed by atoms with Crippen molar-refractivity contribution in [1.29, 1.82) is 5.26 Å². The minimum Gasteiger partial charge on any atom is -0.304 e. The zero-order valence-corrected chi connectivity index (χ0v) is 13.1. The van der Waals surface area contributed by atoms with E-state index in [1.807, 2.05) is 16.7 Å². The monoisotopic (exact) mass is 292 g/mol. The Morgan fingerprint density at radius 2 is 1.82 bits per heavy atom. The number of hydrogen-bond acceptors (Lipinski definition) is 2. The standard InChI is InChI=1S/C19H20N2O/c1-13-7-8-15(11-14(13)2)18-10-9-16(12-20)19(22)21(18)17-5-3-4-6-17/h7-11,17H,3-6H2,1-2H3. The Morgan fingerprint density at radius 1 is 1.09 bits per heavy atom. The number of benzene rings is 1. The lowest BCUT2D eigenvalue weighted by atomic mass is 10.0. The molecule has 0 atom stereocenters. The zero-order valence-electron chi connectivity index (χ0n) is 13.1. The van der Waals surface area contributed by atoms with E-state index >= 15 is 0 Å². The number of nitrogens with zero attached hydrogens (tertiary/aromatic N) is 2. The summed E-state index contributed by atoms with van der Waals surface area (Å²) >= 11 is 0. The van der Waals surface area contributed by atoms with E-state index in [4.69, 9.17) is 5.26 Å². The van der Waals surface area contributed by atoms with Gasteiger partial charge in [-0.15, -0.1) is 0 Å². The second-order valence-corrected chi connectivity index (χ2v) is 6.16. The van der Waals surface area contributed by atoms with Crippen molar-refractivity contribution in [3.05, 3.63) is 57.4 Å². The quantitative estimate of drug-likeness (QED) is 0.836. The molecule has 0 saturated heterocycles. The van der Waals surface area contributed by atoms with E-state index in [1.54, 1.807) is 6.07 Å². The highest BCUT2D eigenvalue weighted by Gasteiger charge is 2.22. The predicted molar refractivity (Wildman–Crippen MR) is 87.8 cm³/mol. The van der Waals surface area contributed by atoms with Crippen LogP contribution in [-0.2, 0) is 0 Å². The molecule has 1 heterocycles. The highest BCUT2D eigenvalue weighted by molar-refractivity contribution is 5.62. The van der Waals surface area contributed by atoms with Gasteiger partial charge in [0.2, 0.25) is 0 Å². The first-order valence-corrected chi connectivity index (χ1v) is 7.85. The SMILES string of the molecule is Cc1ccc(-c2ccc(C#N)c(=O)n2C2CCCC2)cc1C. The molecule has 22 heavy (non-hydrogen) atoms. The second kappa shape index (κ2) is 5.81. The van der Waals surface area contributed by atoms with Gasteiger partial charge in [0.1, 0.15) is 11.6 Å². The molecule has 3 nitrogen and oxygen atoms in total. The molecule has 3 heteroatoms. The highest BCUT2D eigenvalue weighted by atomic mass is 16.1. The van der Waals surface area contributed by atoms with Gasteiger partial charge in [-0.2, -0.15) is 5.26 Å². The summed E-state index contributed by atoms with van der Waals surface area (Å²) in [6.07, 6.45) is 4.35. The van der Waals surface area contributed by atoms with Crippen LogP contribution in [0.5, 0.6) is 0 Å². The number of hydrogen-bond donors (Lipinski definition) is 0. The predicted octanol–water partition coefficient (Wildman–Crippen LogP) is 4.12. The van der Waals surface area contributed by atoms with E-state index in [2.05, 4.69) is 32.0 Å². The van der Waals surface area contributed by atoms with E-state index in [1.165, 1.54) is 11.1 Å². The van der Waals surface area contributed by atoms with Crippen LogP contribution in [0.4, 0.5) is 0 Å². The first-order valence-electron chi connectivity index (χ1n) is 7.85. The van der Waals surface area contributed by atoms with Crippen molar-refractivity contribution in [1.82, 2.24) is 4.57 Å². The molecule has 0 unspecified atom stereocenters. The molecule has 0 radical (unpaired) electrons. The van der Waals surface area contributed by atoms with Gasteiger partial charge < -0.3 is 4.57 Å². The summed E-state index contributed by atoms with van der Waals surface area (Å²) in [5.74, 6) is 0. The summed E-state index contributed by atoms with van der Waals surface area (Å²) in [7, 11) is 0. The van der Waals surface area contributed by atoms with Gasteiger partial charge in [-0.3, -0.25) is 4.79 Å². The summed E-state index contributed by atoms with van der Waals surface area (Å²) < 4.78 is 1.86. The third kappa shape index (κ3) is 2.46. The van der Waals surface area contributed by atoms with E-state index in [0.717, 1.165) is 36.9 Å².